The van der Waals surface area contributed by atoms with Crippen LogP contribution >= 0.6 is 11.6 Å². The van der Waals surface area contributed by atoms with Crippen LogP contribution in [0.15, 0.2) is 0 Å². The molecule has 1 heterocycles. The minimum atomic E-state index is 0.507. The largest absolute Gasteiger partial charge is 0.310 e. The quantitative estimate of drug-likeness (QED) is 0.851. The number of likely N-dealkylation sites (N-methyl/N-ethyl adjacent to an activating group) is 1. The monoisotopic (exact) mass is 244 g/mol. The molecule has 0 aliphatic heterocycles. The fourth-order valence-corrected chi connectivity index (χ4v) is 1.68. The van der Waals surface area contributed by atoms with Crippen molar-refractivity contribution in [3.05, 3.63) is 16.4 Å². The maximum atomic E-state index is 6.16. The van der Waals surface area contributed by atoms with Crippen molar-refractivity contribution in [1.29, 1.82) is 0 Å². The Labute approximate surface area is 103 Å². The van der Waals surface area contributed by atoms with E-state index >= 15 is 0 Å². The molecule has 0 fully saturated rings. The van der Waals surface area contributed by atoms with E-state index in [9.17, 15) is 0 Å². The first-order valence-corrected chi connectivity index (χ1v) is 5.86. The minimum Gasteiger partial charge on any atom is -0.310 e. The molecular formula is C11H21ClN4. The lowest BCUT2D eigenvalue weighted by Gasteiger charge is -2.20. The van der Waals surface area contributed by atoms with Gasteiger partial charge in [-0.05, 0) is 27.9 Å². The highest BCUT2D eigenvalue weighted by atomic mass is 35.5. The first kappa shape index (κ1) is 13.5. The first-order chi connectivity index (χ1) is 7.43. The number of aromatic nitrogens is 2. The average molecular weight is 245 g/mol. The Balaban J connectivity index is 2.49. The molecule has 0 amide bonds. The van der Waals surface area contributed by atoms with Gasteiger partial charge in [-0.15, -0.1) is 0 Å². The number of hydrogen-bond acceptors (Lipinski definition) is 3. The van der Waals surface area contributed by atoms with Crippen molar-refractivity contribution < 1.29 is 0 Å². The molecule has 1 aromatic heterocycles. The summed E-state index contributed by atoms with van der Waals surface area (Å²) in [5, 5.41) is 8.44. The third-order valence-electron chi connectivity index (χ3n) is 2.88. The summed E-state index contributed by atoms with van der Waals surface area (Å²) in [6, 6.07) is 0.507. The molecule has 1 aromatic rings. The molecule has 0 aliphatic rings. The van der Waals surface area contributed by atoms with E-state index < -0.39 is 0 Å². The molecular weight excluding hydrogens is 224 g/mol. The molecule has 1 N–H and O–H groups in total. The van der Waals surface area contributed by atoms with Crippen LogP contribution < -0.4 is 5.32 Å². The molecule has 92 valence electrons. The van der Waals surface area contributed by atoms with E-state index in [1.807, 2.05) is 18.7 Å². The number of rotatable bonds is 5. The summed E-state index contributed by atoms with van der Waals surface area (Å²) in [5.41, 5.74) is 1.94. The van der Waals surface area contributed by atoms with Crippen molar-refractivity contribution in [2.24, 2.45) is 7.05 Å². The number of aryl methyl sites for hydroxylation is 2. The third-order valence-corrected chi connectivity index (χ3v) is 3.37. The second-order valence-corrected chi connectivity index (χ2v) is 4.79. The summed E-state index contributed by atoms with van der Waals surface area (Å²) >= 11 is 6.16. The standard InChI is InChI=1S/C11H21ClN4/c1-8(15(3)4)6-13-7-10-11(12)9(2)14-16(10)5/h8,13H,6-7H2,1-5H3. The van der Waals surface area contributed by atoms with Gasteiger partial charge in [0.15, 0.2) is 0 Å². The Bertz CT molecular complexity index is 346. The van der Waals surface area contributed by atoms with Crippen molar-refractivity contribution in [3.8, 4) is 0 Å². The SMILES string of the molecule is Cc1nn(C)c(CNCC(C)N(C)C)c1Cl. The van der Waals surface area contributed by atoms with E-state index in [-0.39, 0.29) is 0 Å². The van der Waals surface area contributed by atoms with Gasteiger partial charge in [-0.3, -0.25) is 4.68 Å². The van der Waals surface area contributed by atoms with E-state index in [0.717, 1.165) is 29.5 Å². The second-order valence-electron chi connectivity index (χ2n) is 4.41. The number of nitrogens with one attached hydrogen (secondary N) is 1. The lowest BCUT2D eigenvalue weighted by atomic mass is 10.3. The van der Waals surface area contributed by atoms with Crippen LogP contribution in [-0.4, -0.2) is 41.4 Å². The topological polar surface area (TPSA) is 33.1 Å². The van der Waals surface area contributed by atoms with Gasteiger partial charge in [-0.25, -0.2) is 0 Å². The van der Waals surface area contributed by atoms with Crippen LogP contribution in [0, 0.1) is 6.92 Å². The van der Waals surface area contributed by atoms with Gasteiger partial charge in [-0.2, -0.15) is 5.10 Å². The van der Waals surface area contributed by atoms with Gasteiger partial charge in [0.05, 0.1) is 16.4 Å². The fraction of sp³-hybridized carbons (Fsp3) is 0.727. The highest BCUT2D eigenvalue weighted by Gasteiger charge is 2.11. The van der Waals surface area contributed by atoms with Crippen LogP contribution in [-0.2, 0) is 13.6 Å². The molecule has 1 unspecified atom stereocenters. The van der Waals surface area contributed by atoms with Gasteiger partial charge in [0.1, 0.15) is 0 Å². The van der Waals surface area contributed by atoms with Crippen molar-refractivity contribution in [2.45, 2.75) is 26.4 Å². The molecule has 16 heavy (non-hydrogen) atoms. The molecule has 0 saturated heterocycles. The van der Waals surface area contributed by atoms with Crippen LogP contribution in [0.4, 0.5) is 0 Å². The second kappa shape index (κ2) is 5.66. The maximum Gasteiger partial charge on any atom is 0.0860 e. The van der Waals surface area contributed by atoms with E-state index in [4.69, 9.17) is 11.6 Å². The average Bonchev–Trinajstić information content (AvgIpc) is 2.44. The van der Waals surface area contributed by atoms with Crippen LogP contribution in [0.25, 0.3) is 0 Å². The van der Waals surface area contributed by atoms with Crippen LogP contribution in [0.2, 0.25) is 5.02 Å². The molecule has 0 saturated carbocycles. The zero-order valence-electron chi connectivity index (χ0n) is 10.7. The highest BCUT2D eigenvalue weighted by molar-refractivity contribution is 6.31. The molecule has 0 aliphatic carbocycles. The Hall–Kier alpha value is -0.580. The smallest absolute Gasteiger partial charge is 0.0860 e. The molecule has 0 bridgehead atoms. The molecule has 0 aromatic carbocycles. The Morgan fingerprint density at radius 1 is 1.50 bits per heavy atom. The Kier molecular flexibility index (Phi) is 4.77. The van der Waals surface area contributed by atoms with Gasteiger partial charge in [0.25, 0.3) is 0 Å². The van der Waals surface area contributed by atoms with Crippen molar-refractivity contribution >= 4 is 11.6 Å². The molecule has 4 nitrogen and oxygen atoms in total. The van der Waals surface area contributed by atoms with Gasteiger partial charge in [-0.1, -0.05) is 11.6 Å². The zero-order chi connectivity index (χ0) is 12.3. The number of hydrogen-bond donors (Lipinski definition) is 1. The summed E-state index contributed by atoms with van der Waals surface area (Å²) in [6.07, 6.45) is 0. The minimum absolute atomic E-state index is 0.507. The van der Waals surface area contributed by atoms with E-state index in [1.165, 1.54) is 0 Å². The molecule has 5 heteroatoms. The van der Waals surface area contributed by atoms with Crippen LogP contribution in [0.3, 0.4) is 0 Å². The third kappa shape index (κ3) is 3.20. The zero-order valence-corrected chi connectivity index (χ0v) is 11.5. The molecule has 0 radical (unpaired) electrons. The summed E-state index contributed by atoms with van der Waals surface area (Å²) in [6.45, 7) is 5.80. The molecule has 1 atom stereocenters. The van der Waals surface area contributed by atoms with E-state index in [2.05, 4.69) is 36.3 Å². The predicted octanol–water partition coefficient (Wildman–Crippen LogP) is 1.42. The Morgan fingerprint density at radius 3 is 2.56 bits per heavy atom. The lowest BCUT2D eigenvalue weighted by Crippen LogP contribution is -2.35. The number of halogens is 1. The summed E-state index contributed by atoms with van der Waals surface area (Å²) < 4.78 is 1.84. The normalized spacial score (nSPS) is 13.4. The van der Waals surface area contributed by atoms with E-state index in [0.29, 0.717) is 6.04 Å². The van der Waals surface area contributed by atoms with Gasteiger partial charge < -0.3 is 10.2 Å². The lowest BCUT2D eigenvalue weighted by molar-refractivity contribution is 0.302. The highest BCUT2D eigenvalue weighted by Crippen LogP contribution is 2.18. The fourth-order valence-electron chi connectivity index (χ4n) is 1.45. The summed E-state index contributed by atoms with van der Waals surface area (Å²) in [5.74, 6) is 0. The van der Waals surface area contributed by atoms with Gasteiger partial charge >= 0.3 is 0 Å². The summed E-state index contributed by atoms with van der Waals surface area (Å²) in [7, 11) is 6.08. The van der Waals surface area contributed by atoms with Crippen molar-refractivity contribution in [3.63, 3.8) is 0 Å². The first-order valence-electron chi connectivity index (χ1n) is 5.48. The van der Waals surface area contributed by atoms with Crippen molar-refractivity contribution in [2.75, 3.05) is 20.6 Å². The Morgan fingerprint density at radius 2 is 2.12 bits per heavy atom. The summed E-state index contributed by atoms with van der Waals surface area (Å²) in [4.78, 5) is 2.18. The maximum absolute atomic E-state index is 6.16. The predicted molar refractivity (Wildman–Crippen MR) is 67.8 cm³/mol. The van der Waals surface area contributed by atoms with Crippen molar-refractivity contribution in [1.82, 2.24) is 20.0 Å². The molecule has 0 spiro atoms. The van der Waals surface area contributed by atoms with Gasteiger partial charge in [0.2, 0.25) is 0 Å². The molecule has 1 rings (SSSR count). The van der Waals surface area contributed by atoms with Crippen LogP contribution in [0.1, 0.15) is 18.3 Å². The van der Waals surface area contributed by atoms with Crippen LogP contribution in [0.5, 0.6) is 0 Å². The van der Waals surface area contributed by atoms with Gasteiger partial charge in [0, 0.05) is 26.2 Å². The number of nitrogens with zero attached hydrogens (tertiary/aromatic N) is 3. The van der Waals surface area contributed by atoms with E-state index in [1.54, 1.807) is 0 Å².